The Morgan fingerprint density at radius 2 is 1.62 bits per heavy atom. The summed E-state index contributed by atoms with van der Waals surface area (Å²) >= 11 is 0. The molecule has 1 saturated heterocycles. The van der Waals surface area contributed by atoms with Crippen LogP contribution in [0.5, 0.6) is 11.5 Å². The molecular formula is C24H30N2O7S. The summed E-state index contributed by atoms with van der Waals surface area (Å²) in [7, 11) is -3.51. The third kappa shape index (κ3) is 7.19. The van der Waals surface area contributed by atoms with Crippen LogP contribution in [0.3, 0.4) is 0 Å². The van der Waals surface area contributed by atoms with Crippen LogP contribution in [0.2, 0.25) is 0 Å². The first-order chi connectivity index (χ1) is 16.4. The number of rotatable bonds is 12. The van der Waals surface area contributed by atoms with Gasteiger partial charge in [-0.3, -0.25) is 9.59 Å². The topological polar surface area (TPSA) is 111 Å². The van der Waals surface area contributed by atoms with Gasteiger partial charge in [0, 0.05) is 25.2 Å². The summed E-state index contributed by atoms with van der Waals surface area (Å²) in [5.41, 5.74) is 0.419. The molecular weight excluding hydrogens is 460 g/mol. The lowest BCUT2D eigenvalue weighted by Crippen LogP contribution is -2.27. The molecule has 10 heteroatoms. The first-order valence-corrected chi connectivity index (χ1v) is 12.7. The van der Waals surface area contributed by atoms with Gasteiger partial charge in [-0.1, -0.05) is 12.1 Å². The standard InChI is InChI=1S/C24H30N2O7S/c1-2-31-21-8-3-4-9-22(21)32-17-7-10-24(28)33-18-23(27)25-19-11-13-20(14-12-19)34(29,30)26-15-5-6-16-26/h3-4,8-9,11-14H,2,5-7,10,15-18H2,1H3,(H,25,27). The number of carbonyl (C=O) groups excluding carboxylic acids is 2. The number of carbonyl (C=O) groups is 2. The number of sulfonamides is 1. The van der Waals surface area contributed by atoms with Crippen molar-refractivity contribution in [1.29, 1.82) is 0 Å². The summed E-state index contributed by atoms with van der Waals surface area (Å²) in [4.78, 5) is 24.2. The number of nitrogens with one attached hydrogen (secondary N) is 1. The zero-order valence-corrected chi connectivity index (χ0v) is 20.0. The molecule has 3 rings (SSSR count). The lowest BCUT2D eigenvalue weighted by molar-refractivity contribution is -0.147. The normalized spacial score (nSPS) is 13.9. The van der Waals surface area contributed by atoms with E-state index >= 15 is 0 Å². The predicted molar refractivity (Wildman–Crippen MR) is 126 cm³/mol. The first kappa shape index (κ1) is 25.5. The maximum Gasteiger partial charge on any atom is 0.306 e. The van der Waals surface area contributed by atoms with Gasteiger partial charge in [-0.25, -0.2) is 8.42 Å². The minimum absolute atomic E-state index is 0.104. The Morgan fingerprint density at radius 1 is 0.971 bits per heavy atom. The molecule has 0 radical (unpaired) electrons. The van der Waals surface area contributed by atoms with Crippen molar-refractivity contribution in [2.45, 2.75) is 37.5 Å². The molecule has 0 atom stereocenters. The van der Waals surface area contributed by atoms with Gasteiger partial charge < -0.3 is 19.5 Å². The highest BCUT2D eigenvalue weighted by Gasteiger charge is 2.26. The van der Waals surface area contributed by atoms with Crippen molar-refractivity contribution in [2.24, 2.45) is 0 Å². The summed E-state index contributed by atoms with van der Waals surface area (Å²) in [5.74, 6) is 0.233. The quantitative estimate of drug-likeness (QED) is 0.359. The van der Waals surface area contributed by atoms with Crippen LogP contribution in [-0.2, 0) is 24.3 Å². The van der Waals surface area contributed by atoms with Crippen molar-refractivity contribution in [1.82, 2.24) is 4.31 Å². The molecule has 1 heterocycles. The van der Waals surface area contributed by atoms with E-state index in [0.717, 1.165) is 12.8 Å². The van der Waals surface area contributed by atoms with E-state index in [9.17, 15) is 18.0 Å². The maximum absolute atomic E-state index is 12.5. The van der Waals surface area contributed by atoms with Crippen LogP contribution < -0.4 is 14.8 Å². The fraction of sp³-hybridized carbons (Fsp3) is 0.417. The van der Waals surface area contributed by atoms with Crippen molar-refractivity contribution >= 4 is 27.6 Å². The highest BCUT2D eigenvalue weighted by molar-refractivity contribution is 7.89. The largest absolute Gasteiger partial charge is 0.490 e. The number of anilines is 1. The number of esters is 1. The summed E-state index contributed by atoms with van der Waals surface area (Å²) in [6, 6.07) is 13.2. The SMILES string of the molecule is CCOc1ccccc1OCCCC(=O)OCC(=O)Nc1ccc(S(=O)(=O)N2CCCC2)cc1. The van der Waals surface area contributed by atoms with E-state index < -0.39 is 28.5 Å². The molecule has 2 aromatic rings. The summed E-state index contributed by atoms with van der Waals surface area (Å²) in [6.45, 7) is 3.34. The lowest BCUT2D eigenvalue weighted by Gasteiger charge is -2.15. The second kappa shape index (κ2) is 12.4. The van der Waals surface area contributed by atoms with Crippen LogP contribution in [0.15, 0.2) is 53.4 Å². The van der Waals surface area contributed by atoms with Gasteiger partial charge in [0.25, 0.3) is 5.91 Å². The number of benzene rings is 2. The smallest absolute Gasteiger partial charge is 0.306 e. The van der Waals surface area contributed by atoms with Gasteiger partial charge in [0.05, 0.1) is 18.1 Å². The molecule has 1 amide bonds. The van der Waals surface area contributed by atoms with Gasteiger partial charge in [0.2, 0.25) is 10.0 Å². The summed E-state index contributed by atoms with van der Waals surface area (Å²) in [6.07, 6.45) is 2.25. The molecule has 9 nitrogen and oxygen atoms in total. The number of hydrogen-bond donors (Lipinski definition) is 1. The van der Waals surface area contributed by atoms with E-state index in [-0.39, 0.29) is 11.3 Å². The van der Waals surface area contributed by atoms with Gasteiger partial charge in [0.1, 0.15) is 0 Å². The molecule has 1 aliphatic heterocycles. The average molecular weight is 491 g/mol. The van der Waals surface area contributed by atoms with Crippen LogP contribution in [0.25, 0.3) is 0 Å². The molecule has 0 aliphatic carbocycles. The van der Waals surface area contributed by atoms with Crippen molar-refractivity contribution in [2.75, 3.05) is 38.2 Å². The Hall–Kier alpha value is -3.11. The Morgan fingerprint density at radius 3 is 2.26 bits per heavy atom. The third-order valence-corrected chi connectivity index (χ3v) is 7.05. The minimum Gasteiger partial charge on any atom is -0.490 e. The fourth-order valence-electron chi connectivity index (χ4n) is 3.45. The molecule has 0 spiro atoms. The summed E-state index contributed by atoms with van der Waals surface area (Å²) < 4.78 is 42.7. The van der Waals surface area contributed by atoms with E-state index in [2.05, 4.69) is 5.32 Å². The number of para-hydroxylation sites is 2. The molecule has 1 fully saturated rings. The Kier molecular flexibility index (Phi) is 9.29. The van der Waals surface area contributed by atoms with Crippen molar-refractivity contribution in [3.63, 3.8) is 0 Å². The number of nitrogens with zero attached hydrogens (tertiary/aromatic N) is 1. The number of amides is 1. The molecule has 0 bridgehead atoms. The number of hydrogen-bond acceptors (Lipinski definition) is 7. The van der Waals surface area contributed by atoms with E-state index in [1.54, 1.807) is 6.07 Å². The van der Waals surface area contributed by atoms with Crippen molar-refractivity contribution in [3.05, 3.63) is 48.5 Å². The van der Waals surface area contributed by atoms with Crippen LogP contribution in [0, 0.1) is 0 Å². The lowest BCUT2D eigenvalue weighted by atomic mass is 10.3. The third-order valence-electron chi connectivity index (χ3n) is 5.14. The molecule has 1 N–H and O–H groups in total. The number of ether oxygens (including phenoxy) is 3. The second-order valence-corrected chi connectivity index (χ2v) is 9.61. The fourth-order valence-corrected chi connectivity index (χ4v) is 4.96. The molecule has 0 saturated carbocycles. The highest BCUT2D eigenvalue weighted by atomic mass is 32.2. The summed E-state index contributed by atoms with van der Waals surface area (Å²) in [5, 5.41) is 2.59. The maximum atomic E-state index is 12.5. The minimum atomic E-state index is -3.51. The van der Waals surface area contributed by atoms with E-state index in [1.807, 2.05) is 25.1 Å². The Bertz CT molecular complexity index is 1060. The zero-order chi connectivity index (χ0) is 24.4. The van der Waals surface area contributed by atoms with E-state index in [1.165, 1.54) is 28.6 Å². The van der Waals surface area contributed by atoms with Gasteiger partial charge in [-0.2, -0.15) is 4.31 Å². The van der Waals surface area contributed by atoms with Crippen molar-refractivity contribution in [3.8, 4) is 11.5 Å². The molecule has 0 unspecified atom stereocenters. The molecule has 2 aromatic carbocycles. The Labute approximate surface area is 200 Å². The van der Waals surface area contributed by atoms with E-state index in [0.29, 0.717) is 49.9 Å². The van der Waals surface area contributed by atoms with E-state index in [4.69, 9.17) is 14.2 Å². The predicted octanol–water partition coefficient (Wildman–Crippen LogP) is 3.21. The van der Waals surface area contributed by atoms with Gasteiger partial charge in [-0.05, 0) is 62.6 Å². The van der Waals surface area contributed by atoms with Crippen molar-refractivity contribution < 1.29 is 32.2 Å². The molecule has 0 aromatic heterocycles. The molecule has 34 heavy (non-hydrogen) atoms. The van der Waals surface area contributed by atoms with Crippen LogP contribution >= 0.6 is 0 Å². The Balaban J connectivity index is 1.36. The second-order valence-electron chi connectivity index (χ2n) is 7.68. The van der Waals surface area contributed by atoms with Crippen LogP contribution in [0.4, 0.5) is 5.69 Å². The zero-order valence-electron chi connectivity index (χ0n) is 19.2. The van der Waals surface area contributed by atoms with Gasteiger partial charge >= 0.3 is 5.97 Å². The van der Waals surface area contributed by atoms with Crippen LogP contribution in [0.1, 0.15) is 32.6 Å². The molecule has 1 aliphatic rings. The highest BCUT2D eigenvalue weighted by Crippen LogP contribution is 2.26. The van der Waals surface area contributed by atoms with Gasteiger partial charge in [-0.15, -0.1) is 0 Å². The first-order valence-electron chi connectivity index (χ1n) is 11.3. The average Bonchev–Trinajstić information content (AvgIpc) is 3.38. The van der Waals surface area contributed by atoms with Crippen LogP contribution in [-0.4, -0.2) is 57.5 Å². The van der Waals surface area contributed by atoms with Gasteiger partial charge in [0.15, 0.2) is 18.1 Å². The monoisotopic (exact) mass is 490 g/mol. The molecule has 184 valence electrons.